The zero-order valence-electron chi connectivity index (χ0n) is 13.5. The standard InChI is InChI=1S/C17H24N2O2S/c1-4-6-10-21-15(5-2)13-9-7-8-12(16(13)20-3)14-11-22-17(18)19-14/h7-9,11,15H,4-6,10H2,1-3H3,(H2,18,19). The van der Waals surface area contributed by atoms with E-state index in [1.807, 2.05) is 17.5 Å². The number of nitrogen functional groups attached to an aromatic ring is 1. The fourth-order valence-corrected chi connectivity index (χ4v) is 3.01. The summed E-state index contributed by atoms with van der Waals surface area (Å²) in [5.74, 6) is 0.830. The van der Waals surface area contributed by atoms with Crippen LogP contribution in [0.15, 0.2) is 23.6 Å². The van der Waals surface area contributed by atoms with E-state index in [1.165, 1.54) is 11.3 Å². The highest BCUT2D eigenvalue weighted by atomic mass is 32.1. The molecule has 4 nitrogen and oxygen atoms in total. The summed E-state index contributed by atoms with van der Waals surface area (Å²) in [6.07, 6.45) is 3.15. The minimum Gasteiger partial charge on any atom is -0.496 e. The second kappa shape index (κ2) is 8.15. The van der Waals surface area contributed by atoms with Crippen molar-refractivity contribution in [3.05, 3.63) is 29.1 Å². The van der Waals surface area contributed by atoms with Gasteiger partial charge in [0.25, 0.3) is 0 Å². The number of anilines is 1. The molecule has 0 amide bonds. The zero-order valence-corrected chi connectivity index (χ0v) is 14.3. The van der Waals surface area contributed by atoms with Crippen LogP contribution in [0.25, 0.3) is 11.3 Å². The monoisotopic (exact) mass is 320 g/mol. The number of thiazole rings is 1. The van der Waals surface area contributed by atoms with Gasteiger partial charge in [-0.1, -0.05) is 32.4 Å². The summed E-state index contributed by atoms with van der Waals surface area (Å²) in [6, 6.07) is 6.10. The van der Waals surface area contributed by atoms with Crippen LogP contribution in [0.5, 0.6) is 5.75 Å². The molecule has 22 heavy (non-hydrogen) atoms. The number of methoxy groups -OCH3 is 1. The third-order valence-corrected chi connectivity index (χ3v) is 4.26. The summed E-state index contributed by atoms with van der Waals surface area (Å²) in [5, 5.41) is 2.52. The van der Waals surface area contributed by atoms with Crippen LogP contribution in [0.2, 0.25) is 0 Å². The van der Waals surface area contributed by atoms with Crippen molar-refractivity contribution in [3.63, 3.8) is 0 Å². The van der Waals surface area contributed by atoms with Crippen molar-refractivity contribution >= 4 is 16.5 Å². The van der Waals surface area contributed by atoms with E-state index in [4.69, 9.17) is 15.2 Å². The van der Waals surface area contributed by atoms with Gasteiger partial charge in [0.05, 0.1) is 18.9 Å². The lowest BCUT2D eigenvalue weighted by molar-refractivity contribution is 0.0465. The first-order valence-electron chi connectivity index (χ1n) is 7.71. The molecule has 2 rings (SSSR count). The Kier molecular flexibility index (Phi) is 6.21. The number of nitrogens with zero attached hydrogens (tertiary/aromatic N) is 1. The van der Waals surface area contributed by atoms with E-state index in [0.29, 0.717) is 5.13 Å². The number of benzene rings is 1. The predicted octanol–water partition coefficient (Wildman–Crippen LogP) is 4.67. The van der Waals surface area contributed by atoms with Gasteiger partial charge >= 0.3 is 0 Å². The van der Waals surface area contributed by atoms with Crippen molar-refractivity contribution in [2.45, 2.75) is 39.2 Å². The maximum Gasteiger partial charge on any atom is 0.180 e. The highest BCUT2D eigenvalue weighted by Crippen LogP contribution is 2.38. The molecular formula is C17H24N2O2S. The van der Waals surface area contributed by atoms with Crippen LogP contribution >= 0.6 is 11.3 Å². The quantitative estimate of drug-likeness (QED) is 0.718. The molecular weight excluding hydrogens is 296 g/mol. The number of unbranched alkanes of at least 4 members (excludes halogenated alkanes) is 1. The Morgan fingerprint density at radius 2 is 2.14 bits per heavy atom. The van der Waals surface area contributed by atoms with Crippen LogP contribution in [0.3, 0.4) is 0 Å². The molecule has 1 heterocycles. The SMILES string of the molecule is CCCCOC(CC)c1cccc(-c2csc(N)n2)c1OC. The number of ether oxygens (including phenoxy) is 2. The van der Waals surface area contributed by atoms with Crippen molar-refractivity contribution in [1.82, 2.24) is 4.98 Å². The van der Waals surface area contributed by atoms with Crippen LogP contribution in [0.1, 0.15) is 44.8 Å². The van der Waals surface area contributed by atoms with Crippen molar-refractivity contribution < 1.29 is 9.47 Å². The molecule has 0 saturated heterocycles. The van der Waals surface area contributed by atoms with E-state index in [0.717, 1.165) is 48.4 Å². The summed E-state index contributed by atoms with van der Waals surface area (Å²) in [4.78, 5) is 4.37. The molecule has 1 aromatic heterocycles. The van der Waals surface area contributed by atoms with E-state index in [-0.39, 0.29) is 6.10 Å². The van der Waals surface area contributed by atoms with E-state index in [1.54, 1.807) is 7.11 Å². The van der Waals surface area contributed by atoms with Crippen molar-refractivity contribution in [2.75, 3.05) is 19.5 Å². The summed E-state index contributed by atoms with van der Waals surface area (Å²) in [5.41, 5.74) is 8.64. The van der Waals surface area contributed by atoms with Crippen LogP contribution in [0.4, 0.5) is 5.13 Å². The molecule has 0 radical (unpaired) electrons. The Balaban J connectivity index is 2.34. The lowest BCUT2D eigenvalue weighted by atomic mass is 10.0. The average molecular weight is 320 g/mol. The minimum atomic E-state index is 0.0393. The molecule has 2 N–H and O–H groups in total. The van der Waals surface area contributed by atoms with Crippen molar-refractivity contribution in [1.29, 1.82) is 0 Å². The van der Waals surface area contributed by atoms with Crippen LogP contribution in [-0.2, 0) is 4.74 Å². The molecule has 0 fully saturated rings. The Bertz CT molecular complexity index is 598. The number of aromatic nitrogens is 1. The van der Waals surface area contributed by atoms with Crippen LogP contribution in [-0.4, -0.2) is 18.7 Å². The summed E-state index contributed by atoms with van der Waals surface area (Å²) >= 11 is 1.44. The van der Waals surface area contributed by atoms with Gasteiger partial charge < -0.3 is 15.2 Å². The molecule has 1 aromatic carbocycles. The smallest absolute Gasteiger partial charge is 0.180 e. The van der Waals surface area contributed by atoms with Gasteiger partial charge in [-0.2, -0.15) is 0 Å². The molecule has 0 aliphatic rings. The molecule has 0 aliphatic heterocycles. The molecule has 0 bridgehead atoms. The lowest BCUT2D eigenvalue weighted by Gasteiger charge is -2.20. The van der Waals surface area contributed by atoms with Crippen LogP contribution < -0.4 is 10.5 Å². The molecule has 0 spiro atoms. The first-order valence-corrected chi connectivity index (χ1v) is 8.59. The predicted molar refractivity (Wildman–Crippen MR) is 92.4 cm³/mol. The summed E-state index contributed by atoms with van der Waals surface area (Å²) < 4.78 is 11.7. The highest BCUT2D eigenvalue weighted by Gasteiger charge is 2.19. The van der Waals surface area contributed by atoms with Gasteiger partial charge in [-0.05, 0) is 18.9 Å². The Morgan fingerprint density at radius 1 is 1.32 bits per heavy atom. The topological polar surface area (TPSA) is 57.4 Å². The third-order valence-electron chi connectivity index (χ3n) is 3.58. The average Bonchev–Trinajstić information content (AvgIpc) is 2.97. The molecule has 1 unspecified atom stereocenters. The molecule has 2 aromatic rings. The Labute approximate surface area is 136 Å². The second-order valence-electron chi connectivity index (χ2n) is 5.12. The number of hydrogen-bond acceptors (Lipinski definition) is 5. The molecule has 120 valence electrons. The van der Waals surface area contributed by atoms with Gasteiger partial charge in [0.15, 0.2) is 5.13 Å². The Hall–Kier alpha value is -1.59. The maximum absolute atomic E-state index is 6.03. The van der Waals surface area contributed by atoms with Gasteiger partial charge in [0.2, 0.25) is 0 Å². The number of hydrogen-bond donors (Lipinski definition) is 1. The van der Waals surface area contributed by atoms with E-state index in [2.05, 4.69) is 24.9 Å². The summed E-state index contributed by atoms with van der Waals surface area (Å²) in [6.45, 7) is 5.06. The highest BCUT2D eigenvalue weighted by molar-refractivity contribution is 7.13. The van der Waals surface area contributed by atoms with Crippen LogP contribution in [0, 0.1) is 0 Å². The first-order chi connectivity index (χ1) is 10.7. The lowest BCUT2D eigenvalue weighted by Crippen LogP contribution is -2.07. The number of para-hydroxylation sites is 1. The zero-order chi connectivity index (χ0) is 15.9. The van der Waals surface area contributed by atoms with Gasteiger partial charge in [-0.15, -0.1) is 11.3 Å². The summed E-state index contributed by atoms with van der Waals surface area (Å²) in [7, 11) is 1.69. The number of nitrogens with two attached hydrogens (primary N) is 1. The maximum atomic E-state index is 6.03. The Morgan fingerprint density at radius 3 is 2.73 bits per heavy atom. The van der Waals surface area contributed by atoms with Crippen molar-refractivity contribution in [2.24, 2.45) is 0 Å². The largest absolute Gasteiger partial charge is 0.496 e. The first kappa shape index (κ1) is 16.8. The molecule has 0 saturated carbocycles. The van der Waals surface area contributed by atoms with Gasteiger partial charge in [0.1, 0.15) is 5.75 Å². The fourth-order valence-electron chi connectivity index (χ4n) is 2.45. The third kappa shape index (κ3) is 3.78. The minimum absolute atomic E-state index is 0.0393. The molecule has 1 atom stereocenters. The van der Waals surface area contributed by atoms with Crippen molar-refractivity contribution in [3.8, 4) is 17.0 Å². The van der Waals surface area contributed by atoms with E-state index in [9.17, 15) is 0 Å². The molecule has 0 aliphatic carbocycles. The molecule has 5 heteroatoms. The van der Waals surface area contributed by atoms with Gasteiger partial charge in [-0.25, -0.2) is 4.98 Å². The fraction of sp³-hybridized carbons (Fsp3) is 0.471. The van der Waals surface area contributed by atoms with E-state index < -0.39 is 0 Å². The second-order valence-corrected chi connectivity index (χ2v) is 6.01. The normalized spacial score (nSPS) is 12.3. The van der Waals surface area contributed by atoms with Gasteiger partial charge in [-0.3, -0.25) is 0 Å². The van der Waals surface area contributed by atoms with E-state index >= 15 is 0 Å². The number of rotatable bonds is 8. The van der Waals surface area contributed by atoms with Gasteiger partial charge in [0, 0.05) is 23.1 Å².